The van der Waals surface area contributed by atoms with Gasteiger partial charge in [-0.15, -0.1) is 10.2 Å². The summed E-state index contributed by atoms with van der Waals surface area (Å²) in [6, 6.07) is 27.6. The van der Waals surface area contributed by atoms with E-state index in [1.165, 1.54) is 11.8 Å². The lowest BCUT2D eigenvalue weighted by molar-refractivity contribution is 0.0991. The van der Waals surface area contributed by atoms with Crippen LogP contribution in [0.5, 0.6) is 0 Å². The number of fused-ring (bicyclic) bond motifs is 1. The van der Waals surface area contributed by atoms with E-state index in [-0.39, 0.29) is 5.78 Å². The predicted molar refractivity (Wildman–Crippen MR) is 119 cm³/mol. The molecule has 0 fully saturated rings. The number of thioether (sulfide) groups is 1. The molecule has 0 bridgehead atoms. The summed E-state index contributed by atoms with van der Waals surface area (Å²) in [5.41, 5.74) is 3.51. The molecule has 5 nitrogen and oxygen atoms in total. The van der Waals surface area contributed by atoms with Gasteiger partial charge in [0.05, 0.1) is 0 Å². The van der Waals surface area contributed by atoms with Crippen LogP contribution in [0.15, 0.2) is 103 Å². The van der Waals surface area contributed by atoms with Crippen LogP contribution in [-0.4, -0.2) is 25.5 Å². The third-order valence-corrected chi connectivity index (χ3v) is 6.18. The molecular formula is C24H18N4OS. The predicted octanol–water partition coefficient (Wildman–Crippen LogP) is 5.46. The second-order valence-corrected chi connectivity index (χ2v) is 7.91. The zero-order valence-electron chi connectivity index (χ0n) is 16.0. The molecule has 0 unspecified atom stereocenters. The first kappa shape index (κ1) is 18.4. The topological polar surface area (TPSA) is 63.6 Å². The Hall–Kier alpha value is -3.64. The number of benzene rings is 3. The summed E-state index contributed by atoms with van der Waals surface area (Å²) >= 11 is 1.41. The Morgan fingerprint density at radius 2 is 1.60 bits per heavy atom. The maximum atomic E-state index is 13.7. The van der Waals surface area contributed by atoms with Gasteiger partial charge in [0.1, 0.15) is 11.6 Å². The summed E-state index contributed by atoms with van der Waals surface area (Å²) in [7, 11) is 0. The summed E-state index contributed by atoms with van der Waals surface area (Å²) in [4.78, 5) is 16.9. The number of carbonyl (C=O) groups is 1. The molecule has 0 aliphatic carbocycles. The second kappa shape index (κ2) is 8.00. The van der Waals surface area contributed by atoms with Gasteiger partial charge in [0, 0.05) is 28.4 Å². The van der Waals surface area contributed by atoms with Crippen LogP contribution in [0.25, 0.3) is 16.6 Å². The Balaban J connectivity index is 1.56. The van der Waals surface area contributed by atoms with Crippen molar-refractivity contribution < 1.29 is 4.79 Å². The summed E-state index contributed by atoms with van der Waals surface area (Å²) in [6.07, 6.45) is 3.47. The lowest BCUT2D eigenvalue weighted by atomic mass is 10.0. The summed E-state index contributed by atoms with van der Waals surface area (Å²) in [5.74, 6) is 0.0336. The van der Waals surface area contributed by atoms with E-state index in [2.05, 4.69) is 15.2 Å². The van der Waals surface area contributed by atoms with Gasteiger partial charge in [-0.2, -0.15) is 0 Å². The average Bonchev–Trinajstić information content (AvgIpc) is 3.45. The first-order chi connectivity index (χ1) is 14.8. The van der Waals surface area contributed by atoms with Gasteiger partial charge in [0.25, 0.3) is 0 Å². The van der Waals surface area contributed by atoms with Gasteiger partial charge in [0.15, 0.2) is 10.9 Å². The highest BCUT2D eigenvalue weighted by molar-refractivity contribution is 8.00. The highest BCUT2D eigenvalue weighted by Crippen LogP contribution is 2.38. The summed E-state index contributed by atoms with van der Waals surface area (Å²) in [6.45, 7) is 0. The minimum absolute atomic E-state index is 0.0336. The minimum Gasteiger partial charge on any atom is -0.360 e. The van der Waals surface area contributed by atoms with Crippen LogP contribution in [0.4, 0.5) is 0 Å². The van der Waals surface area contributed by atoms with Gasteiger partial charge in [0.2, 0.25) is 0 Å². The van der Waals surface area contributed by atoms with Crippen LogP contribution >= 0.6 is 11.8 Å². The highest BCUT2D eigenvalue weighted by atomic mass is 32.2. The molecule has 5 aromatic rings. The van der Waals surface area contributed by atoms with Gasteiger partial charge in [-0.25, -0.2) is 0 Å². The number of ketones is 1. The van der Waals surface area contributed by atoms with Crippen LogP contribution in [0.1, 0.15) is 21.2 Å². The number of hydrogen-bond acceptors (Lipinski definition) is 4. The molecule has 0 amide bonds. The normalized spacial score (nSPS) is 12.1. The number of nitrogens with zero attached hydrogens (tertiary/aromatic N) is 3. The molecule has 6 heteroatoms. The van der Waals surface area contributed by atoms with Crippen LogP contribution in [0.2, 0.25) is 0 Å². The van der Waals surface area contributed by atoms with Crippen molar-refractivity contribution in [2.75, 3.05) is 0 Å². The number of hydrogen-bond donors (Lipinski definition) is 1. The molecule has 2 heterocycles. The molecule has 2 aromatic heterocycles. The Morgan fingerprint density at radius 1 is 0.900 bits per heavy atom. The largest absolute Gasteiger partial charge is 0.360 e. The average molecular weight is 411 g/mol. The number of aromatic amines is 1. The number of rotatable bonds is 6. The van der Waals surface area contributed by atoms with Crippen molar-refractivity contribution in [3.63, 3.8) is 0 Å². The number of aromatic nitrogens is 4. The van der Waals surface area contributed by atoms with Crippen molar-refractivity contribution in [1.82, 2.24) is 19.7 Å². The zero-order chi connectivity index (χ0) is 20.3. The van der Waals surface area contributed by atoms with Crippen molar-refractivity contribution in [3.8, 4) is 5.69 Å². The first-order valence-corrected chi connectivity index (χ1v) is 10.5. The van der Waals surface area contributed by atoms with Gasteiger partial charge >= 0.3 is 0 Å². The molecule has 0 aliphatic rings. The molecule has 0 radical (unpaired) electrons. The van der Waals surface area contributed by atoms with E-state index in [0.29, 0.717) is 10.7 Å². The Labute approximate surface area is 177 Å². The summed E-state index contributed by atoms with van der Waals surface area (Å²) < 4.78 is 1.91. The van der Waals surface area contributed by atoms with Crippen molar-refractivity contribution in [1.29, 1.82) is 0 Å². The molecule has 1 N–H and O–H groups in total. The molecule has 146 valence electrons. The number of carbonyl (C=O) groups excluding carboxylic acids is 1. The summed E-state index contributed by atoms with van der Waals surface area (Å²) in [5, 5.41) is 9.54. The highest BCUT2D eigenvalue weighted by Gasteiger charge is 2.27. The van der Waals surface area contributed by atoms with E-state index in [1.54, 1.807) is 12.5 Å². The van der Waals surface area contributed by atoms with E-state index in [4.69, 9.17) is 0 Å². The van der Waals surface area contributed by atoms with E-state index >= 15 is 0 Å². The monoisotopic (exact) mass is 410 g/mol. The van der Waals surface area contributed by atoms with Crippen molar-refractivity contribution in [2.45, 2.75) is 10.4 Å². The molecule has 0 aliphatic heterocycles. The first-order valence-electron chi connectivity index (χ1n) is 9.58. The Morgan fingerprint density at radius 3 is 2.40 bits per heavy atom. The van der Waals surface area contributed by atoms with Crippen LogP contribution in [0, 0.1) is 0 Å². The minimum atomic E-state index is -0.447. The van der Waals surface area contributed by atoms with Crippen LogP contribution in [0.3, 0.4) is 0 Å². The third-order valence-electron chi connectivity index (χ3n) is 4.97. The Bertz CT molecular complexity index is 1290. The zero-order valence-corrected chi connectivity index (χ0v) is 16.8. The molecule has 0 saturated carbocycles. The maximum Gasteiger partial charge on any atom is 0.196 e. The van der Waals surface area contributed by atoms with Gasteiger partial charge < -0.3 is 4.98 Å². The van der Waals surface area contributed by atoms with E-state index in [1.807, 2.05) is 89.5 Å². The van der Waals surface area contributed by atoms with Crippen molar-refractivity contribution in [2.24, 2.45) is 0 Å². The molecular weight excluding hydrogens is 392 g/mol. The van der Waals surface area contributed by atoms with Crippen molar-refractivity contribution >= 4 is 28.4 Å². The molecule has 1 atom stereocenters. The van der Waals surface area contributed by atoms with Gasteiger partial charge in [-0.3, -0.25) is 9.36 Å². The number of para-hydroxylation sites is 2. The molecule has 0 spiro atoms. The Kier molecular flexibility index (Phi) is 4.91. The molecule has 30 heavy (non-hydrogen) atoms. The van der Waals surface area contributed by atoms with Crippen molar-refractivity contribution in [3.05, 3.63) is 109 Å². The van der Waals surface area contributed by atoms with Gasteiger partial charge in [-0.05, 0) is 23.8 Å². The maximum absolute atomic E-state index is 13.7. The fourth-order valence-corrected chi connectivity index (χ4v) is 4.59. The number of Topliss-reactive ketones (excluding diaryl/α,β-unsaturated/α-hetero) is 1. The SMILES string of the molecule is O=C(c1c[nH]c2ccccc12)[C@@H](Sc1nncn1-c1ccccc1)c1ccccc1. The van der Waals surface area contributed by atoms with E-state index in [0.717, 1.165) is 22.2 Å². The molecule has 5 rings (SSSR count). The number of nitrogens with one attached hydrogen (secondary N) is 1. The lowest BCUT2D eigenvalue weighted by Crippen LogP contribution is -2.11. The molecule has 3 aromatic carbocycles. The molecule has 0 saturated heterocycles. The smallest absolute Gasteiger partial charge is 0.196 e. The van der Waals surface area contributed by atoms with Gasteiger partial charge in [-0.1, -0.05) is 78.5 Å². The van der Waals surface area contributed by atoms with E-state index in [9.17, 15) is 4.79 Å². The fraction of sp³-hybridized carbons (Fsp3) is 0.0417. The second-order valence-electron chi connectivity index (χ2n) is 6.84. The van der Waals surface area contributed by atoms with Crippen LogP contribution < -0.4 is 0 Å². The lowest BCUT2D eigenvalue weighted by Gasteiger charge is -2.16. The fourth-order valence-electron chi connectivity index (χ4n) is 3.49. The number of H-pyrrole nitrogens is 1. The third kappa shape index (κ3) is 3.42. The standard InChI is InChI=1S/C24H18N4OS/c29-22(20-15-25-21-14-8-7-13-19(20)21)23(17-9-3-1-4-10-17)30-24-27-26-16-28(24)18-11-5-2-6-12-18/h1-16,23,25H/t23-/m0/s1. The van der Waals surface area contributed by atoms with E-state index < -0.39 is 5.25 Å². The quantitative estimate of drug-likeness (QED) is 0.298. The van der Waals surface area contributed by atoms with Crippen LogP contribution in [-0.2, 0) is 0 Å².